The summed E-state index contributed by atoms with van der Waals surface area (Å²) in [7, 11) is 1.96. The van der Waals surface area contributed by atoms with Crippen LogP contribution in [0.2, 0.25) is 0 Å². The molecular weight excluding hydrogens is 222 g/mol. The Morgan fingerprint density at radius 2 is 2.50 bits per heavy atom. The standard InChI is InChI=1S/C11H13N3OS/c1-14-4-2-3-10(14)6-12-11(15)5-9-7-16-8-13-9/h2-4,7-8H,5-6H2,1H3,(H,12,15). The fraction of sp³-hybridized carbons (Fsp3) is 0.273. The summed E-state index contributed by atoms with van der Waals surface area (Å²) in [5, 5.41) is 4.76. The van der Waals surface area contributed by atoms with Crippen molar-refractivity contribution in [3.8, 4) is 0 Å². The minimum atomic E-state index is 0.00657. The van der Waals surface area contributed by atoms with Crippen molar-refractivity contribution in [1.82, 2.24) is 14.9 Å². The molecule has 84 valence electrons. The van der Waals surface area contributed by atoms with Crippen LogP contribution in [0.15, 0.2) is 29.2 Å². The molecule has 4 nitrogen and oxygen atoms in total. The molecule has 0 saturated carbocycles. The van der Waals surface area contributed by atoms with E-state index in [-0.39, 0.29) is 5.91 Å². The number of carbonyl (C=O) groups is 1. The maximum Gasteiger partial charge on any atom is 0.226 e. The molecular formula is C11H13N3OS. The molecule has 0 aromatic carbocycles. The van der Waals surface area contributed by atoms with Crippen molar-refractivity contribution in [3.63, 3.8) is 0 Å². The van der Waals surface area contributed by atoms with Gasteiger partial charge in [0.1, 0.15) is 0 Å². The molecule has 2 aromatic heterocycles. The fourth-order valence-corrected chi connectivity index (χ4v) is 1.98. The van der Waals surface area contributed by atoms with E-state index in [0.717, 1.165) is 11.4 Å². The first-order valence-corrected chi connectivity index (χ1v) is 5.94. The van der Waals surface area contributed by atoms with Crippen LogP contribution in [0.1, 0.15) is 11.4 Å². The number of nitrogens with zero attached hydrogens (tertiary/aromatic N) is 2. The Labute approximate surface area is 97.9 Å². The van der Waals surface area contributed by atoms with Crippen molar-refractivity contribution in [2.75, 3.05) is 0 Å². The average molecular weight is 235 g/mol. The second-order valence-corrected chi connectivity index (χ2v) is 4.26. The molecule has 1 amide bonds. The third kappa shape index (κ3) is 2.70. The van der Waals surface area contributed by atoms with Gasteiger partial charge in [0, 0.05) is 24.3 Å². The third-order valence-electron chi connectivity index (χ3n) is 2.34. The first-order chi connectivity index (χ1) is 7.75. The van der Waals surface area contributed by atoms with Gasteiger partial charge < -0.3 is 9.88 Å². The first-order valence-electron chi connectivity index (χ1n) is 4.99. The third-order valence-corrected chi connectivity index (χ3v) is 2.98. The van der Waals surface area contributed by atoms with Crippen molar-refractivity contribution in [2.45, 2.75) is 13.0 Å². The van der Waals surface area contributed by atoms with E-state index in [2.05, 4.69) is 10.3 Å². The second-order valence-electron chi connectivity index (χ2n) is 3.54. The lowest BCUT2D eigenvalue weighted by molar-refractivity contribution is -0.120. The molecule has 2 rings (SSSR count). The summed E-state index contributed by atoms with van der Waals surface area (Å²) < 4.78 is 1.99. The van der Waals surface area contributed by atoms with E-state index in [0.29, 0.717) is 13.0 Å². The molecule has 0 radical (unpaired) electrons. The molecule has 2 heterocycles. The molecule has 16 heavy (non-hydrogen) atoms. The van der Waals surface area contributed by atoms with Gasteiger partial charge in [0.25, 0.3) is 0 Å². The normalized spacial score (nSPS) is 10.3. The Balaban J connectivity index is 1.82. The van der Waals surface area contributed by atoms with Crippen LogP contribution in [0.5, 0.6) is 0 Å². The summed E-state index contributed by atoms with van der Waals surface area (Å²) in [6, 6.07) is 3.95. The molecule has 1 N–H and O–H groups in total. The number of hydrogen-bond donors (Lipinski definition) is 1. The van der Waals surface area contributed by atoms with Crippen molar-refractivity contribution in [3.05, 3.63) is 40.6 Å². The predicted octanol–water partition coefficient (Wildman–Crippen LogP) is 1.34. The molecule has 0 atom stereocenters. The van der Waals surface area contributed by atoms with Gasteiger partial charge in [-0.3, -0.25) is 4.79 Å². The lowest BCUT2D eigenvalue weighted by Crippen LogP contribution is -2.25. The van der Waals surface area contributed by atoms with Crippen LogP contribution in [0, 0.1) is 0 Å². The largest absolute Gasteiger partial charge is 0.353 e. The molecule has 0 aliphatic rings. The Morgan fingerprint density at radius 3 is 3.12 bits per heavy atom. The van der Waals surface area contributed by atoms with E-state index < -0.39 is 0 Å². The highest BCUT2D eigenvalue weighted by molar-refractivity contribution is 7.07. The van der Waals surface area contributed by atoms with E-state index in [1.807, 2.05) is 35.3 Å². The van der Waals surface area contributed by atoms with Gasteiger partial charge in [0.15, 0.2) is 0 Å². The van der Waals surface area contributed by atoms with E-state index in [9.17, 15) is 4.79 Å². The molecule has 5 heteroatoms. The van der Waals surface area contributed by atoms with Crippen LogP contribution in [0.4, 0.5) is 0 Å². The van der Waals surface area contributed by atoms with E-state index in [1.54, 1.807) is 5.51 Å². The maximum atomic E-state index is 11.6. The van der Waals surface area contributed by atoms with E-state index >= 15 is 0 Å². The van der Waals surface area contributed by atoms with Crippen molar-refractivity contribution in [1.29, 1.82) is 0 Å². The Bertz CT molecular complexity index is 461. The average Bonchev–Trinajstić information content (AvgIpc) is 2.87. The zero-order valence-corrected chi connectivity index (χ0v) is 9.83. The van der Waals surface area contributed by atoms with Gasteiger partial charge >= 0.3 is 0 Å². The minimum absolute atomic E-state index is 0.00657. The van der Waals surface area contributed by atoms with Crippen LogP contribution < -0.4 is 5.32 Å². The summed E-state index contributed by atoms with van der Waals surface area (Å²) in [6.07, 6.45) is 2.32. The molecule has 2 aromatic rings. The van der Waals surface area contributed by atoms with Crippen molar-refractivity contribution >= 4 is 17.2 Å². The topological polar surface area (TPSA) is 46.9 Å². The zero-order chi connectivity index (χ0) is 11.4. The number of thiazole rings is 1. The molecule has 0 fully saturated rings. The van der Waals surface area contributed by atoms with Gasteiger partial charge in [0.2, 0.25) is 5.91 Å². The fourth-order valence-electron chi connectivity index (χ4n) is 1.42. The number of aryl methyl sites for hydroxylation is 1. The highest BCUT2D eigenvalue weighted by Crippen LogP contribution is 2.02. The highest BCUT2D eigenvalue weighted by Gasteiger charge is 2.05. The molecule has 0 spiro atoms. The van der Waals surface area contributed by atoms with Crippen LogP contribution in [0.3, 0.4) is 0 Å². The lowest BCUT2D eigenvalue weighted by Gasteiger charge is -2.05. The van der Waals surface area contributed by atoms with Crippen LogP contribution in [0.25, 0.3) is 0 Å². The number of amides is 1. The second kappa shape index (κ2) is 4.94. The Hall–Kier alpha value is -1.62. The molecule has 0 aliphatic carbocycles. The van der Waals surface area contributed by atoms with Crippen LogP contribution >= 0.6 is 11.3 Å². The maximum absolute atomic E-state index is 11.6. The van der Waals surface area contributed by atoms with E-state index in [4.69, 9.17) is 0 Å². The van der Waals surface area contributed by atoms with Crippen LogP contribution in [-0.2, 0) is 24.8 Å². The molecule has 0 unspecified atom stereocenters. The highest BCUT2D eigenvalue weighted by atomic mass is 32.1. The number of rotatable bonds is 4. The number of hydrogen-bond acceptors (Lipinski definition) is 3. The van der Waals surface area contributed by atoms with E-state index in [1.165, 1.54) is 11.3 Å². The summed E-state index contributed by atoms with van der Waals surface area (Å²) >= 11 is 1.50. The molecule has 0 aliphatic heterocycles. The first kappa shape index (κ1) is 10.9. The summed E-state index contributed by atoms with van der Waals surface area (Å²) in [5.74, 6) is 0.00657. The lowest BCUT2D eigenvalue weighted by atomic mass is 10.3. The number of carbonyl (C=O) groups excluding carboxylic acids is 1. The number of nitrogens with one attached hydrogen (secondary N) is 1. The van der Waals surface area contributed by atoms with Gasteiger partial charge in [-0.25, -0.2) is 4.98 Å². The SMILES string of the molecule is Cn1cccc1CNC(=O)Cc1cscn1. The predicted molar refractivity (Wildman–Crippen MR) is 63.1 cm³/mol. The van der Waals surface area contributed by atoms with Crippen molar-refractivity contribution < 1.29 is 4.79 Å². The molecule has 0 saturated heterocycles. The monoisotopic (exact) mass is 235 g/mol. The quantitative estimate of drug-likeness (QED) is 0.869. The summed E-state index contributed by atoms with van der Waals surface area (Å²) in [4.78, 5) is 15.6. The summed E-state index contributed by atoms with van der Waals surface area (Å²) in [6.45, 7) is 0.562. The minimum Gasteiger partial charge on any atom is -0.353 e. The zero-order valence-electron chi connectivity index (χ0n) is 9.01. The van der Waals surface area contributed by atoms with Gasteiger partial charge in [-0.1, -0.05) is 0 Å². The van der Waals surface area contributed by atoms with Crippen molar-refractivity contribution in [2.24, 2.45) is 7.05 Å². The summed E-state index contributed by atoms with van der Waals surface area (Å²) in [5.41, 5.74) is 3.65. The van der Waals surface area contributed by atoms with Gasteiger partial charge in [-0.05, 0) is 12.1 Å². The van der Waals surface area contributed by atoms with Gasteiger partial charge in [-0.15, -0.1) is 11.3 Å². The Morgan fingerprint density at radius 1 is 1.62 bits per heavy atom. The van der Waals surface area contributed by atoms with Gasteiger partial charge in [0.05, 0.1) is 24.2 Å². The smallest absolute Gasteiger partial charge is 0.226 e. The van der Waals surface area contributed by atoms with Gasteiger partial charge in [-0.2, -0.15) is 0 Å². The number of aromatic nitrogens is 2. The Kier molecular flexibility index (Phi) is 3.36. The van der Waals surface area contributed by atoms with Crippen LogP contribution in [-0.4, -0.2) is 15.5 Å². The molecule has 0 bridgehead atoms.